The summed E-state index contributed by atoms with van der Waals surface area (Å²) < 4.78 is 8.51. The van der Waals surface area contributed by atoms with E-state index in [9.17, 15) is 4.79 Å². The molecule has 2 aromatic heterocycles. The van der Waals surface area contributed by atoms with Crippen molar-refractivity contribution in [2.24, 2.45) is 7.05 Å². The molecule has 2 aromatic rings. The van der Waals surface area contributed by atoms with Gasteiger partial charge in [-0.2, -0.15) is 5.10 Å². The Bertz CT molecular complexity index is 614. The molecule has 0 bridgehead atoms. The largest absolute Gasteiger partial charge is 0.461 e. The molecule has 0 aromatic carbocycles. The predicted molar refractivity (Wildman–Crippen MR) is 74.3 cm³/mol. The van der Waals surface area contributed by atoms with Gasteiger partial charge in [-0.15, -0.1) is 0 Å². The van der Waals surface area contributed by atoms with Gasteiger partial charge in [0.25, 0.3) is 0 Å². The molecule has 2 N–H and O–H groups in total. The number of anilines is 1. The number of carbonyl (C=O) groups is 1. The van der Waals surface area contributed by atoms with Crippen LogP contribution in [0.3, 0.4) is 0 Å². The molecule has 0 aliphatic heterocycles. The molecular formula is C13H19N5O2. The van der Waals surface area contributed by atoms with E-state index in [1.54, 1.807) is 17.8 Å². The fourth-order valence-corrected chi connectivity index (χ4v) is 2.05. The second kappa shape index (κ2) is 5.77. The van der Waals surface area contributed by atoms with Crippen LogP contribution in [0.25, 0.3) is 0 Å². The van der Waals surface area contributed by atoms with Crippen molar-refractivity contribution in [1.82, 2.24) is 19.3 Å². The Morgan fingerprint density at radius 1 is 1.45 bits per heavy atom. The summed E-state index contributed by atoms with van der Waals surface area (Å²) in [5, 5.41) is 4.12. The lowest BCUT2D eigenvalue weighted by Gasteiger charge is -2.07. The van der Waals surface area contributed by atoms with Gasteiger partial charge in [-0.1, -0.05) is 6.92 Å². The first-order chi connectivity index (χ1) is 9.56. The Morgan fingerprint density at radius 2 is 2.20 bits per heavy atom. The van der Waals surface area contributed by atoms with Gasteiger partial charge in [-0.05, 0) is 6.92 Å². The van der Waals surface area contributed by atoms with E-state index in [-0.39, 0.29) is 5.69 Å². The first kappa shape index (κ1) is 14.1. The zero-order valence-corrected chi connectivity index (χ0v) is 12.0. The Labute approximate surface area is 117 Å². The van der Waals surface area contributed by atoms with Gasteiger partial charge in [0.2, 0.25) is 0 Å². The van der Waals surface area contributed by atoms with Gasteiger partial charge in [0, 0.05) is 25.2 Å². The number of aromatic nitrogens is 4. The van der Waals surface area contributed by atoms with Gasteiger partial charge < -0.3 is 15.0 Å². The maximum Gasteiger partial charge on any atom is 0.360 e. The molecule has 0 saturated heterocycles. The van der Waals surface area contributed by atoms with Gasteiger partial charge in [0.1, 0.15) is 11.6 Å². The number of carbonyl (C=O) groups excluding carboxylic acids is 1. The minimum absolute atomic E-state index is 0.188. The van der Waals surface area contributed by atoms with Crippen molar-refractivity contribution in [3.05, 3.63) is 29.5 Å². The van der Waals surface area contributed by atoms with Crippen LogP contribution in [0.1, 0.15) is 35.7 Å². The molecule has 0 atom stereocenters. The average Bonchev–Trinajstić information content (AvgIpc) is 2.96. The van der Waals surface area contributed by atoms with Gasteiger partial charge in [-0.3, -0.25) is 4.68 Å². The number of imidazole rings is 1. The highest BCUT2D eigenvalue weighted by molar-refractivity contribution is 5.92. The second-order valence-corrected chi connectivity index (χ2v) is 4.44. The van der Waals surface area contributed by atoms with Crippen molar-refractivity contribution in [3.8, 4) is 0 Å². The minimum Gasteiger partial charge on any atom is -0.461 e. The second-order valence-electron chi connectivity index (χ2n) is 4.44. The molecule has 2 heterocycles. The third-order valence-corrected chi connectivity index (χ3v) is 2.97. The van der Waals surface area contributed by atoms with E-state index >= 15 is 0 Å². The summed E-state index contributed by atoms with van der Waals surface area (Å²) in [5.74, 6) is 0.614. The van der Waals surface area contributed by atoms with Crippen LogP contribution in [0.5, 0.6) is 0 Å². The van der Waals surface area contributed by atoms with Crippen LogP contribution in [0, 0.1) is 0 Å². The van der Waals surface area contributed by atoms with Gasteiger partial charge in [0.15, 0.2) is 5.69 Å². The van der Waals surface area contributed by atoms with Crippen molar-refractivity contribution in [2.45, 2.75) is 26.8 Å². The van der Waals surface area contributed by atoms with E-state index in [0.717, 1.165) is 11.4 Å². The molecule has 0 saturated carbocycles. The third-order valence-electron chi connectivity index (χ3n) is 2.97. The van der Waals surface area contributed by atoms with E-state index in [1.165, 1.54) is 0 Å². The number of rotatable bonds is 5. The van der Waals surface area contributed by atoms with E-state index in [4.69, 9.17) is 10.5 Å². The Kier molecular flexibility index (Phi) is 4.07. The molecule has 7 heteroatoms. The number of nitrogen functional groups attached to an aromatic ring is 1. The summed E-state index contributed by atoms with van der Waals surface area (Å²) in [7, 11) is 1.85. The minimum atomic E-state index is -0.482. The van der Waals surface area contributed by atoms with Crippen LogP contribution < -0.4 is 5.73 Å². The van der Waals surface area contributed by atoms with Crippen LogP contribution in [-0.4, -0.2) is 31.9 Å². The molecule has 0 aliphatic rings. The van der Waals surface area contributed by atoms with Gasteiger partial charge in [0.05, 0.1) is 19.3 Å². The van der Waals surface area contributed by atoms with E-state index in [1.807, 2.05) is 24.7 Å². The summed E-state index contributed by atoms with van der Waals surface area (Å²) in [6.07, 6.45) is 4.36. The maximum atomic E-state index is 11.8. The normalized spacial score (nSPS) is 10.8. The lowest BCUT2D eigenvalue weighted by atomic mass is 10.3. The van der Waals surface area contributed by atoms with E-state index in [2.05, 4.69) is 10.1 Å². The summed E-state index contributed by atoms with van der Waals surface area (Å²) >= 11 is 0. The lowest BCUT2D eigenvalue weighted by molar-refractivity contribution is 0.0521. The summed E-state index contributed by atoms with van der Waals surface area (Å²) in [4.78, 5) is 16.1. The molecule has 0 radical (unpaired) electrons. The summed E-state index contributed by atoms with van der Waals surface area (Å²) in [6, 6.07) is 0. The van der Waals surface area contributed by atoms with Crippen molar-refractivity contribution < 1.29 is 9.53 Å². The van der Waals surface area contributed by atoms with Crippen LogP contribution in [0.2, 0.25) is 0 Å². The van der Waals surface area contributed by atoms with Crippen molar-refractivity contribution >= 4 is 11.8 Å². The third kappa shape index (κ3) is 2.66. The number of esters is 1. The number of hydrogen-bond donors (Lipinski definition) is 1. The Hall–Kier alpha value is -2.31. The molecule has 0 aliphatic carbocycles. The predicted octanol–water partition coefficient (Wildman–Crippen LogP) is 0.986. The van der Waals surface area contributed by atoms with Crippen molar-refractivity contribution in [3.63, 3.8) is 0 Å². The Balaban J connectivity index is 2.34. The molecule has 0 spiro atoms. The molecule has 108 valence electrons. The summed E-state index contributed by atoms with van der Waals surface area (Å²) in [5.41, 5.74) is 7.23. The molecule has 20 heavy (non-hydrogen) atoms. The van der Waals surface area contributed by atoms with Crippen LogP contribution in [0.15, 0.2) is 12.4 Å². The molecule has 2 rings (SSSR count). The number of nitrogens with zero attached hydrogens (tertiary/aromatic N) is 4. The van der Waals surface area contributed by atoms with Crippen molar-refractivity contribution in [1.29, 1.82) is 0 Å². The molecule has 7 nitrogen and oxygen atoms in total. The smallest absolute Gasteiger partial charge is 0.360 e. The Morgan fingerprint density at radius 3 is 2.75 bits per heavy atom. The van der Waals surface area contributed by atoms with Crippen LogP contribution >= 0.6 is 0 Å². The first-order valence-corrected chi connectivity index (χ1v) is 6.56. The molecule has 0 fully saturated rings. The molecule has 0 amide bonds. The topological polar surface area (TPSA) is 88.0 Å². The highest BCUT2D eigenvalue weighted by Gasteiger charge is 2.21. The zero-order valence-electron chi connectivity index (χ0n) is 12.0. The van der Waals surface area contributed by atoms with E-state index in [0.29, 0.717) is 25.4 Å². The first-order valence-electron chi connectivity index (χ1n) is 6.56. The SMILES string of the molecule is CCOC(=O)c1nc(CC)n(Cc2cnn(C)c2)c1N. The average molecular weight is 277 g/mol. The fraction of sp³-hybridized carbons (Fsp3) is 0.462. The number of nitrogens with two attached hydrogens (primary N) is 1. The summed E-state index contributed by atoms with van der Waals surface area (Å²) in [6.45, 7) is 4.56. The zero-order chi connectivity index (χ0) is 14.7. The highest BCUT2D eigenvalue weighted by Crippen LogP contribution is 2.18. The van der Waals surface area contributed by atoms with Gasteiger partial charge >= 0.3 is 5.97 Å². The standard InChI is InChI=1S/C13H19N5O2/c1-4-10-16-11(13(19)20-5-2)12(14)18(10)8-9-6-15-17(3)7-9/h6-7H,4-5,8,14H2,1-3H3. The van der Waals surface area contributed by atoms with E-state index < -0.39 is 5.97 Å². The number of ether oxygens (including phenoxy) is 1. The monoisotopic (exact) mass is 277 g/mol. The molecule has 0 unspecified atom stereocenters. The fourth-order valence-electron chi connectivity index (χ4n) is 2.05. The van der Waals surface area contributed by atoms with Crippen LogP contribution in [0.4, 0.5) is 5.82 Å². The quantitative estimate of drug-likeness (QED) is 0.823. The van der Waals surface area contributed by atoms with Crippen molar-refractivity contribution in [2.75, 3.05) is 12.3 Å². The number of hydrogen-bond acceptors (Lipinski definition) is 5. The highest BCUT2D eigenvalue weighted by atomic mass is 16.5. The molecular weight excluding hydrogens is 258 g/mol. The lowest BCUT2D eigenvalue weighted by Crippen LogP contribution is -2.11. The van der Waals surface area contributed by atoms with Crippen LogP contribution in [-0.2, 0) is 24.8 Å². The number of aryl methyl sites for hydroxylation is 2. The maximum absolute atomic E-state index is 11.8. The van der Waals surface area contributed by atoms with Gasteiger partial charge in [-0.25, -0.2) is 9.78 Å².